The molecule has 1 atom stereocenters. The molecule has 0 aliphatic carbocycles. The largest absolute Gasteiger partial charge is 0.345 e. The Morgan fingerprint density at radius 1 is 0.862 bits per heavy atom. The van der Waals surface area contributed by atoms with Crippen molar-refractivity contribution < 1.29 is 14.4 Å². The van der Waals surface area contributed by atoms with Gasteiger partial charge in [0.05, 0.1) is 19.0 Å². The monoisotopic (exact) mass is 395 g/mol. The molecular formula is C23H29N3O3. The van der Waals surface area contributed by atoms with Crippen molar-refractivity contribution in [2.75, 3.05) is 26.7 Å². The molecule has 6 nitrogen and oxygen atoms in total. The van der Waals surface area contributed by atoms with Gasteiger partial charge in [-0.15, -0.1) is 0 Å². The lowest BCUT2D eigenvalue weighted by molar-refractivity contribution is -0.139. The second kappa shape index (κ2) is 11.0. The Kier molecular flexibility index (Phi) is 8.40. The van der Waals surface area contributed by atoms with E-state index in [1.165, 1.54) is 4.90 Å². The van der Waals surface area contributed by atoms with E-state index < -0.39 is 6.04 Å². The van der Waals surface area contributed by atoms with Crippen LogP contribution in [0.2, 0.25) is 0 Å². The van der Waals surface area contributed by atoms with E-state index in [-0.39, 0.29) is 30.7 Å². The molecule has 154 valence electrons. The minimum absolute atomic E-state index is 0.0225. The number of carbonyl (C=O) groups is 3. The summed E-state index contributed by atoms with van der Waals surface area (Å²) >= 11 is 0. The molecule has 0 bridgehead atoms. The first-order valence-electron chi connectivity index (χ1n) is 9.88. The van der Waals surface area contributed by atoms with Crippen molar-refractivity contribution in [1.82, 2.24) is 15.1 Å². The quantitative estimate of drug-likeness (QED) is 0.710. The molecule has 0 aliphatic heterocycles. The lowest BCUT2D eigenvalue weighted by Crippen LogP contribution is -2.42. The van der Waals surface area contributed by atoms with Crippen LogP contribution in [0.25, 0.3) is 0 Å². The smallest absolute Gasteiger partial charge is 0.251 e. The van der Waals surface area contributed by atoms with Crippen LogP contribution in [0.15, 0.2) is 60.7 Å². The van der Waals surface area contributed by atoms with Crippen LogP contribution in [-0.4, -0.2) is 54.2 Å². The van der Waals surface area contributed by atoms with Crippen molar-refractivity contribution >= 4 is 17.7 Å². The number of nitrogens with one attached hydrogen (secondary N) is 1. The van der Waals surface area contributed by atoms with Gasteiger partial charge in [0.25, 0.3) is 5.91 Å². The average Bonchev–Trinajstić information content (AvgIpc) is 2.75. The molecule has 2 aromatic carbocycles. The Bertz CT molecular complexity index is 805. The number of carbonyl (C=O) groups excluding carboxylic acids is 3. The van der Waals surface area contributed by atoms with Crippen molar-refractivity contribution in [1.29, 1.82) is 0 Å². The lowest BCUT2D eigenvalue weighted by Gasteiger charge is -2.25. The number of benzene rings is 2. The number of hydrogen-bond donors (Lipinski definition) is 1. The fourth-order valence-corrected chi connectivity index (χ4v) is 3.07. The Morgan fingerprint density at radius 3 is 1.97 bits per heavy atom. The summed E-state index contributed by atoms with van der Waals surface area (Å²) in [5, 5.41) is 2.95. The van der Waals surface area contributed by atoms with Crippen LogP contribution >= 0.6 is 0 Å². The van der Waals surface area contributed by atoms with E-state index in [0.29, 0.717) is 18.7 Å². The Hall–Kier alpha value is -3.15. The molecule has 0 saturated heterocycles. The van der Waals surface area contributed by atoms with Gasteiger partial charge in [-0.3, -0.25) is 14.4 Å². The highest BCUT2D eigenvalue weighted by Gasteiger charge is 2.23. The fourth-order valence-electron chi connectivity index (χ4n) is 3.07. The molecule has 2 rings (SSSR count). The van der Waals surface area contributed by atoms with E-state index in [2.05, 4.69) is 5.32 Å². The second-order valence-electron chi connectivity index (χ2n) is 6.82. The van der Waals surface area contributed by atoms with E-state index in [1.54, 1.807) is 36.2 Å². The van der Waals surface area contributed by atoms with Gasteiger partial charge in [0, 0.05) is 25.7 Å². The highest BCUT2D eigenvalue weighted by Crippen LogP contribution is 2.18. The van der Waals surface area contributed by atoms with Gasteiger partial charge in [0.2, 0.25) is 11.8 Å². The van der Waals surface area contributed by atoms with Crippen LogP contribution in [-0.2, 0) is 9.59 Å². The first-order valence-corrected chi connectivity index (χ1v) is 9.88. The Morgan fingerprint density at radius 2 is 1.41 bits per heavy atom. The maximum absolute atomic E-state index is 12.8. The molecule has 0 saturated carbocycles. The highest BCUT2D eigenvalue weighted by atomic mass is 16.2. The molecule has 29 heavy (non-hydrogen) atoms. The molecular weight excluding hydrogens is 366 g/mol. The SMILES string of the molecule is CCN(CC)C(=O)CN(C)C(=O)CC(NC(=O)c1ccccc1)c1ccccc1. The van der Waals surface area contributed by atoms with Crippen molar-refractivity contribution in [3.63, 3.8) is 0 Å². The van der Waals surface area contributed by atoms with Crippen molar-refractivity contribution in [3.05, 3.63) is 71.8 Å². The van der Waals surface area contributed by atoms with Crippen LogP contribution in [0.1, 0.15) is 42.2 Å². The minimum atomic E-state index is -0.484. The summed E-state index contributed by atoms with van der Waals surface area (Å²) in [6.45, 7) is 5.06. The van der Waals surface area contributed by atoms with Crippen molar-refractivity contribution in [2.24, 2.45) is 0 Å². The molecule has 0 aromatic heterocycles. The third-order valence-electron chi connectivity index (χ3n) is 4.84. The van der Waals surface area contributed by atoms with E-state index in [9.17, 15) is 14.4 Å². The summed E-state index contributed by atoms with van der Waals surface area (Å²) in [5.41, 5.74) is 1.37. The summed E-state index contributed by atoms with van der Waals surface area (Å²) in [6.07, 6.45) is 0.0740. The maximum atomic E-state index is 12.8. The van der Waals surface area contributed by atoms with Gasteiger partial charge >= 0.3 is 0 Å². The van der Waals surface area contributed by atoms with Gasteiger partial charge in [-0.05, 0) is 31.5 Å². The van der Waals surface area contributed by atoms with Gasteiger partial charge in [-0.1, -0.05) is 48.5 Å². The normalized spacial score (nSPS) is 11.4. The molecule has 0 fully saturated rings. The molecule has 1 unspecified atom stereocenters. The third kappa shape index (κ3) is 6.45. The van der Waals surface area contributed by atoms with E-state index >= 15 is 0 Å². The topological polar surface area (TPSA) is 69.7 Å². The molecule has 3 amide bonds. The molecule has 1 N–H and O–H groups in total. The number of nitrogens with zero attached hydrogens (tertiary/aromatic N) is 2. The van der Waals surface area contributed by atoms with Gasteiger partial charge in [-0.25, -0.2) is 0 Å². The Labute approximate surface area is 172 Å². The Balaban J connectivity index is 2.10. The lowest BCUT2D eigenvalue weighted by atomic mass is 10.0. The first kappa shape index (κ1) is 22.1. The summed E-state index contributed by atoms with van der Waals surface area (Å²) in [7, 11) is 1.62. The molecule has 0 spiro atoms. The summed E-state index contributed by atoms with van der Waals surface area (Å²) in [5.74, 6) is -0.530. The molecule has 6 heteroatoms. The zero-order valence-corrected chi connectivity index (χ0v) is 17.3. The van der Waals surface area contributed by atoms with Crippen LogP contribution in [0, 0.1) is 0 Å². The second-order valence-corrected chi connectivity index (χ2v) is 6.82. The predicted molar refractivity (Wildman–Crippen MR) is 113 cm³/mol. The summed E-state index contributed by atoms with van der Waals surface area (Å²) in [6, 6.07) is 17.8. The molecule has 0 heterocycles. The molecule has 2 aromatic rings. The van der Waals surface area contributed by atoms with Gasteiger partial charge in [-0.2, -0.15) is 0 Å². The standard InChI is InChI=1S/C23H29N3O3/c1-4-26(5-2)22(28)17-25(3)21(27)16-20(18-12-8-6-9-13-18)24-23(29)19-14-10-7-11-15-19/h6-15,20H,4-5,16-17H2,1-3H3,(H,24,29). The summed E-state index contributed by atoms with van der Waals surface area (Å²) < 4.78 is 0. The maximum Gasteiger partial charge on any atom is 0.251 e. The minimum Gasteiger partial charge on any atom is -0.345 e. The third-order valence-corrected chi connectivity index (χ3v) is 4.84. The van der Waals surface area contributed by atoms with Crippen LogP contribution in [0.5, 0.6) is 0 Å². The van der Waals surface area contributed by atoms with Gasteiger partial charge in [0.1, 0.15) is 0 Å². The van der Waals surface area contributed by atoms with Crippen molar-refractivity contribution in [3.8, 4) is 0 Å². The van der Waals surface area contributed by atoms with Gasteiger partial charge in [0.15, 0.2) is 0 Å². The van der Waals surface area contributed by atoms with Crippen LogP contribution in [0.3, 0.4) is 0 Å². The first-order chi connectivity index (χ1) is 14.0. The number of hydrogen-bond acceptors (Lipinski definition) is 3. The van der Waals surface area contributed by atoms with Crippen molar-refractivity contribution in [2.45, 2.75) is 26.3 Å². The molecule has 0 aliphatic rings. The van der Waals surface area contributed by atoms with E-state index in [1.807, 2.05) is 50.2 Å². The van der Waals surface area contributed by atoms with Crippen LogP contribution in [0.4, 0.5) is 0 Å². The highest BCUT2D eigenvalue weighted by molar-refractivity contribution is 5.94. The predicted octanol–water partition coefficient (Wildman–Crippen LogP) is 2.87. The number of likely N-dealkylation sites (N-methyl/N-ethyl adjacent to an activating group) is 2. The van der Waals surface area contributed by atoms with E-state index in [4.69, 9.17) is 0 Å². The number of amides is 3. The average molecular weight is 396 g/mol. The van der Waals surface area contributed by atoms with E-state index in [0.717, 1.165) is 5.56 Å². The zero-order valence-electron chi connectivity index (χ0n) is 17.3. The zero-order chi connectivity index (χ0) is 21.2. The molecule has 0 radical (unpaired) electrons. The number of rotatable bonds is 9. The van der Waals surface area contributed by atoms with Crippen LogP contribution < -0.4 is 5.32 Å². The fraction of sp³-hybridized carbons (Fsp3) is 0.348. The summed E-state index contributed by atoms with van der Waals surface area (Å²) in [4.78, 5) is 40.8. The van der Waals surface area contributed by atoms with Gasteiger partial charge < -0.3 is 15.1 Å².